The molecule has 1 aliphatic rings. The number of rotatable bonds is 6. The smallest absolute Gasteiger partial charge is 0.345 e. The van der Waals surface area contributed by atoms with Crippen LogP contribution >= 0.6 is 23.3 Å². The second kappa shape index (κ2) is 9.45. The van der Waals surface area contributed by atoms with Crippen LogP contribution < -0.4 is 4.74 Å². The fourth-order valence-electron chi connectivity index (χ4n) is 4.89. The molecule has 0 radical (unpaired) electrons. The third-order valence-corrected chi connectivity index (χ3v) is 12.6. The number of carbonyl (C=O) groups is 1. The first kappa shape index (κ1) is 24.7. The van der Waals surface area contributed by atoms with Gasteiger partial charge < -0.3 is 9.47 Å². The van der Waals surface area contributed by atoms with E-state index in [4.69, 9.17) is 9.47 Å². The average molecular weight is 562 g/mol. The molecule has 3 nitrogen and oxygen atoms in total. The Morgan fingerprint density at radius 3 is 1.86 bits per heavy atom. The van der Waals surface area contributed by atoms with E-state index in [-0.39, 0.29) is 6.61 Å². The lowest BCUT2D eigenvalue weighted by Crippen LogP contribution is -2.28. The maximum Gasteiger partial charge on any atom is 0.345 e. The maximum absolute atomic E-state index is 12.7. The Morgan fingerprint density at radius 2 is 1.31 bits per heavy atom. The average Bonchev–Trinajstić information content (AvgIpc) is 3.13. The highest BCUT2D eigenvalue weighted by atomic mass is 79.9. The minimum atomic E-state index is -1.58. The van der Waals surface area contributed by atoms with Crippen molar-refractivity contribution in [1.82, 2.24) is 0 Å². The van der Waals surface area contributed by atoms with Crippen molar-refractivity contribution >= 4 is 29.2 Å². The highest BCUT2D eigenvalue weighted by molar-refractivity contribution is 9.58. The molecule has 0 bridgehead atoms. The third kappa shape index (κ3) is 4.25. The summed E-state index contributed by atoms with van der Waals surface area (Å²) < 4.78 is 11.8. The Balaban J connectivity index is 1.40. The van der Waals surface area contributed by atoms with Crippen LogP contribution in [0.4, 0.5) is 0 Å². The summed E-state index contributed by atoms with van der Waals surface area (Å²) >= 11 is 4.23. The van der Waals surface area contributed by atoms with E-state index in [2.05, 4.69) is 75.5 Å². The summed E-state index contributed by atoms with van der Waals surface area (Å²) in [4.78, 5) is 16.5. The van der Waals surface area contributed by atoms with Crippen LogP contribution in [0.15, 0.2) is 106 Å². The fourth-order valence-corrected chi connectivity index (χ4v) is 10.1. The number of carbonyl (C=O) groups excluding carboxylic acids is 1. The molecule has 1 heterocycles. The second-order valence-corrected chi connectivity index (χ2v) is 14.9. The Hall–Kier alpha value is -3.02. The molecule has 5 rings (SSSR count). The van der Waals surface area contributed by atoms with Gasteiger partial charge in [-0.3, -0.25) is 0 Å². The number of fused-ring (bicyclic) bond motifs is 3. The zero-order chi connectivity index (χ0) is 25.5. The van der Waals surface area contributed by atoms with Crippen LogP contribution in [-0.4, -0.2) is 12.6 Å². The van der Waals surface area contributed by atoms with Crippen molar-refractivity contribution in [2.45, 2.75) is 48.0 Å². The molecule has 5 heteroatoms. The lowest BCUT2D eigenvalue weighted by Gasteiger charge is -2.32. The highest BCUT2D eigenvalue weighted by Crippen LogP contribution is 2.80. The van der Waals surface area contributed by atoms with Gasteiger partial charge in [0, 0.05) is 14.7 Å². The van der Waals surface area contributed by atoms with Crippen molar-refractivity contribution in [3.05, 3.63) is 108 Å². The second-order valence-electron chi connectivity index (χ2n) is 9.56. The number of hydrogen-bond acceptors (Lipinski definition) is 3. The normalized spacial score (nSPS) is 14.5. The predicted octanol–water partition coefficient (Wildman–Crippen LogP) is 8.73. The summed E-state index contributed by atoms with van der Waals surface area (Å²) in [5.41, 5.74) is 4.75. The number of esters is 1. The predicted molar refractivity (Wildman–Crippen MR) is 150 cm³/mol. The van der Waals surface area contributed by atoms with Gasteiger partial charge in [-0.25, -0.2) is 4.79 Å². The fraction of sp³-hybridized carbons (Fsp3) is 0.194. The van der Waals surface area contributed by atoms with E-state index in [1.165, 1.54) is 25.8 Å². The minimum Gasteiger partial charge on any atom is -0.481 e. The molecule has 184 valence electrons. The van der Waals surface area contributed by atoms with Gasteiger partial charge in [-0.1, -0.05) is 75.2 Å². The highest BCUT2D eigenvalue weighted by Gasteiger charge is 2.38. The number of ether oxygens (including phenoxy) is 2. The first-order valence-corrected chi connectivity index (χ1v) is 15.4. The molecule has 0 atom stereocenters. The van der Waals surface area contributed by atoms with Gasteiger partial charge in [-0.05, 0) is 94.6 Å². The van der Waals surface area contributed by atoms with E-state index in [1.54, 1.807) is 0 Å². The van der Waals surface area contributed by atoms with E-state index >= 15 is 0 Å². The lowest BCUT2D eigenvalue weighted by molar-refractivity contribution is -0.159. The van der Waals surface area contributed by atoms with Crippen molar-refractivity contribution in [2.75, 3.05) is 6.61 Å². The maximum atomic E-state index is 12.7. The molecule has 36 heavy (non-hydrogen) atoms. The van der Waals surface area contributed by atoms with Crippen LogP contribution in [0, 0.1) is 13.8 Å². The summed E-state index contributed by atoms with van der Waals surface area (Å²) in [6.07, 6.45) is 0. The third-order valence-electron chi connectivity index (χ3n) is 6.60. The van der Waals surface area contributed by atoms with E-state index in [9.17, 15) is 4.79 Å². The van der Waals surface area contributed by atoms with Crippen LogP contribution in [0.1, 0.15) is 30.5 Å². The molecule has 0 unspecified atom stereocenters. The first-order valence-electron chi connectivity index (χ1n) is 11.9. The van der Waals surface area contributed by atoms with Gasteiger partial charge in [-0.15, -0.1) is 0 Å². The minimum absolute atomic E-state index is 0.144. The van der Waals surface area contributed by atoms with Crippen molar-refractivity contribution in [2.24, 2.45) is 0 Å². The van der Waals surface area contributed by atoms with Crippen LogP contribution in [0.25, 0.3) is 11.1 Å². The van der Waals surface area contributed by atoms with Crippen LogP contribution in [-0.2, 0) is 15.1 Å². The SMILES string of the molecule is Cc1cc(S2(Br)c3ccccc3-c3ccccc32)cc(C)c1OCC(=O)OC(C)(C)c1ccccc1. The molecule has 0 saturated carbocycles. The molecule has 0 fully saturated rings. The molecule has 0 saturated heterocycles. The van der Waals surface area contributed by atoms with E-state index < -0.39 is 20.0 Å². The molecule has 0 aromatic heterocycles. The van der Waals surface area contributed by atoms with Gasteiger partial charge in [0.15, 0.2) is 6.61 Å². The molecule has 4 aromatic rings. The topological polar surface area (TPSA) is 35.5 Å². The Bertz CT molecular complexity index is 1380. The Labute approximate surface area is 222 Å². The van der Waals surface area contributed by atoms with Crippen LogP contribution in [0.2, 0.25) is 0 Å². The standard InChI is InChI=1S/C31H29BrO3S/c1-21-18-24(36(32)27-16-10-8-14-25(27)26-15-9-11-17-28(26)36)19-22(2)30(21)34-20-29(33)35-31(3,4)23-12-6-5-7-13-23/h5-19H,20H2,1-4H3. The van der Waals surface area contributed by atoms with Crippen molar-refractivity contribution in [3.63, 3.8) is 0 Å². The molecular formula is C31H29BrO3S. The van der Waals surface area contributed by atoms with Crippen molar-refractivity contribution < 1.29 is 14.3 Å². The molecule has 0 N–H and O–H groups in total. The van der Waals surface area contributed by atoms with Crippen LogP contribution in [0.5, 0.6) is 5.75 Å². The van der Waals surface area contributed by atoms with Gasteiger partial charge in [0.25, 0.3) is 0 Å². The number of aryl methyl sites for hydroxylation is 2. The summed E-state index contributed by atoms with van der Waals surface area (Å²) in [7, 11) is -1.58. The molecule has 0 spiro atoms. The van der Waals surface area contributed by atoms with Crippen molar-refractivity contribution in [1.29, 1.82) is 0 Å². The van der Waals surface area contributed by atoms with Gasteiger partial charge in [0.1, 0.15) is 11.4 Å². The molecule has 4 aromatic carbocycles. The summed E-state index contributed by atoms with van der Waals surface area (Å²) in [5, 5.41) is 0. The summed E-state index contributed by atoms with van der Waals surface area (Å²) in [6, 6.07) is 31.4. The molecule has 0 aliphatic carbocycles. The number of benzene rings is 4. The van der Waals surface area contributed by atoms with E-state index in [0.29, 0.717) is 0 Å². The Morgan fingerprint density at radius 1 is 0.806 bits per heavy atom. The molecule has 1 aliphatic heterocycles. The van der Waals surface area contributed by atoms with Crippen LogP contribution in [0.3, 0.4) is 0 Å². The van der Waals surface area contributed by atoms with Crippen molar-refractivity contribution in [3.8, 4) is 16.9 Å². The lowest BCUT2D eigenvalue weighted by atomic mass is 9.98. The summed E-state index contributed by atoms with van der Waals surface area (Å²) in [6.45, 7) is 7.71. The zero-order valence-electron chi connectivity index (χ0n) is 20.9. The first-order chi connectivity index (χ1) is 17.2. The van der Waals surface area contributed by atoms with E-state index in [0.717, 1.165) is 22.4 Å². The number of halogens is 1. The number of hydrogen-bond donors (Lipinski definition) is 0. The van der Waals surface area contributed by atoms with Gasteiger partial charge in [-0.2, -0.15) is 0 Å². The molecule has 0 amide bonds. The largest absolute Gasteiger partial charge is 0.481 e. The van der Waals surface area contributed by atoms with Gasteiger partial charge in [0.05, 0.1) is 0 Å². The Kier molecular flexibility index (Phi) is 6.48. The van der Waals surface area contributed by atoms with Gasteiger partial charge in [0.2, 0.25) is 0 Å². The van der Waals surface area contributed by atoms with E-state index in [1.807, 2.05) is 58.0 Å². The monoisotopic (exact) mass is 560 g/mol. The molecular weight excluding hydrogens is 532 g/mol. The van der Waals surface area contributed by atoms with Gasteiger partial charge >= 0.3 is 5.97 Å². The zero-order valence-corrected chi connectivity index (χ0v) is 23.3. The quantitative estimate of drug-likeness (QED) is 0.221. The summed E-state index contributed by atoms with van der Waals surface area (Å²) in [5.74, 6) is 0.330.